The standard InChI is InChI=1S/C11H19N3OS/c1-9-13-10-8-12-5-4-11(10)14(9)6-3-7-16(2)15/h12H,3-8H2,1-2H3. The number of hydrogen-bond donors (Lipinski definition) is 1. The van der Waals surface area contributed by atoms with Crippen LogP contribution in [0.4, 0.5) is 0 Å². The molecule has 90 valence electrons. The van der Waals surface area contributed by atoms with Crippen molar-refractivity contribution in [1.29, 1.82) is 0 Å². The van der Waals surface area contributed by atoms with E-state index in [1.54, 1.807) is 6.26 Å². The molecule has 5 heteroatoms. The first-order valence-electron chi connectivity index (χ1n) is 5.74. The van der Waals surface area contributed by atoms with Gasteiger partial charge in [0.25, 0.3) is 0 Å². The molecule has 0 aliphatic carbocycles. The molecule has 4 nitrogen and oxygen atoms in total. The summed E-state index contributed by atoms with van der Waals surface area (Å²) in [5.74, 6) is 1.88. The van der Waals surface area contributed by atoms with Crippen molar-refractivity contribution >= 4 is 10.8 Å². The molecular formula is C11H19N3OS. The summed E-state index contributed by atoms with van der Waals surface area (Å²) in [5, 5.41) is 3.33. The van der Waals surface area contributed by atoms with Crippen molar-refractivity contribution < 1.29 is 4.21 Å². The maximum Gasteiger partial charge on any atom is 0.106 e. The fourth-order valence-electron chi connectivity index (χ4n) is 2.23. The van der Waals surface area contributed by atoms with Gasteiger partial charge in [-0.1, -0.05) is 0 Å². The average molecular weight is 241 g/mol. The number of rotatable bonds is 4. The van der Waals surface area contributed by atoms with E-state index in [0.29, 0.717) is 0 Å². The quantitative estimate of drug-likeness (QED) is 0.840. The summed E-state index contributed by atoms with van der Waals surface area (Å²) in [6, 6.07) is 0. The molecule has 0 amide bonds. The first-order chi connectivity index (χ1) is 7.68. The maximum absolute atomic E-state index is 11.0. The zero-order chi connectivity index (χ0) is 11.5. The lowest BCUT2D eigenvalue weighted by Crippen LogP contribution is -2.25. The minimum atomic E-state index is -0.681. The molecule has 0 aromatic carbocycles. The number of nitrogens with one attached hydrogen (secondary N) is 1. The molecule has 1 aliphatic heterocycles. The van der Waals surface area contributed by atoms with Gasteiger partial charge in [0.2, 0.25) is 0 Å². The van der Waals surface area contributed by atoms with Crippen LogP contribution in [0.15, 0.2) is 0 Å². The molecule has 16 heavy (non-hydrogen) atoms. The predicted octanol–water partition coefficient (Wildman–Crippen LogP) is 0.606. The summed E-state index contributed by atoms with van der Waals surface area (Å²) in [4.78, 5) is 4.57. The minimum Gasteiger partial charge on any atom is -0.332 e. The Morgan fingerprint density at radius 1 is 1.56 bits per heavy atom. The van der Waals surface area contributed by atoms with E-state index in [9.17, 15) is 4.21 Å². The van der Waals surface area contributed by atoms with Gasteiger partial charge in [0.1, 0.15) is 5.82 Å². The fourth-order valence-corrected chi connectivity index (χ4v) is 2.76. The molecule has 0 spiro atoms. The van der Waals surface area contributed by atoms with E-state index in [1.165, 1.54) is 11.4 Å². The summed E-state index contributed by atoms with van der Waals surface area (Å²) >= 11 is 0. The van der Waals surface area contributed by atoms with Gasteiger partial charge in [-0.3, -0.25) is 4.21 Å². The van der Waals surface area contributed by atoms with Crippen molar-refractivity contribution in [2.45, 2.75) is 32.9 Å². The number of nitrogens with zero attached hydrogens (tertiary/aromatic N) is 2. The SMILES string of the molecule is Cc1nc2c(n1CCCS(C)=O)CCNC2. The van der Waals surface area contributed by atoms with Gasteiger partial charge in [-0.15, -0.1) is 0 Å². The second-order valence-electron chi connectivity index (χ2n) is 4.26. The lowest BCUT2D eigenvalue weighted by molar-refractivity contribution is 0.576. The Balaban J connectivity index is 2.07. The second-order valence-corrected chi connectivity index (χ2v) is 5.82. The number of hydrogen-bond acceptors (Lipinski definition) is 3. The molecule has 1 aromatic rings. The number of imidazole rings is 1. The van der Waals surface area contributed by atoms with Crippen molar-refractivity contribution in [3.63, 3.8) is 0 Å². The molecular weight excluding hydrogens is 222 g/mol. The largest absolute Gasteiger partial charge is 0.332 e. The van der Waals surface area contributed by atoms with E-state index in [0.717, 1.165) is 44.1 Å². The van der Waals surface area contributed by atoms with E-state index in [1.807, 2.05) is 0 Å². The first-order valence-corrected chi connectivity index (χ1v) is 7.47. The zero-order valence-corrected chi connectivity index (χ0v) is 10.8. The van der Waals surface area contributed by atoms with Crippen LogP contribution in [-0.2, 0) is 30.3 Å². The van der Waals surface area contributed by atoms with E-state index in [2.05, 4.69) is 21.8 Å². The summed E-state index contributed by atoms with van der Waals surface area (Å²) in [5.41, 5.74) is 2.57. The van der Waals surface area contributed by atoms with Crippen LogP contribution in [0.5, 0.6) is 0 Å². The van der Waals surface area contributed by atoms with E-state index < -0.39 is 10.8 Å². The van der Waals surface area contributed by atoms with Gasteiger partial charge in [-0.2, -0.15) is 0 Å². The second kappa shape index (κ2) is 5.10. The summed E-state index contributed by atoms with van der Waals surface area (Å²) < 4.78 is 13.3. The molecule has 1 aromatic heterocycles. The normalized spacial score (nSPS) is 17.1. The van der Waals surface area contributed by atoms with Gasteiger partial charge in [-0.25, -0.2) is 4.98 Å². The maximum atomic E-state index is 11.0. The van der Waals surface area contributed by atoms with Gasteiger partial charge in [0.05, 0.1) is 5.69 Å². The smallest absolute Gasteiger partial charge is 0.106 e. The Hall–Kier alpha value is -0.680. The monoisotopic (exact) mass is 241 g/mol. The average Bonchev–Trinajstić information content (AvgIpc) is 2.55. The molecule has 1 atom stereocenters. The lowest BCUT2D eigenvalue weighted by atomic mass is 10.2. The zero-order valence-electron chi connectivity index (χ0n) is 9.95. The van der Waals surface area contributed by atoms with E-state index in [-0.39, 0.29) is 0 Å². The molecule has 1 aliphatic rings. The molecule has 1 N–H and O–H groups in total. The van der Waals surface area contributed by atoms with Crippen molar-refractivity contribution in [2.24, 2.45) is 0 Å². The van der Waals surface area contributed by atoms with Crippen LogP contribution < -0.4 is 5.32 Å². The van der Waals surface area contributed by atoms with Gasteiger partial charge in [0, 0.05) is 54.6 Å². The van der Waals surface area contributed by atoms with E-state index in [4.69, 9.17) is 0 Å². The highest BCUT2D eigenvalue weighted by Gasteiger charge is 2.17. The molecule has 2 rings (SSSR count). The van der Waals surface area contributed by atoms with Gasteiger partial charge < -0.3 is 9.88 Å². The van der Waals surface area contributed by atoms with Crippen LogP contribution in [0.1, 0.15) is 23.6 Å². The van der Waals surface area contributed by atoms with Gasteiger partial charge in [-0.05, 0) is 13.3 Å². The first kappa shape index (κ1) is 11.8. The highest BCUT2D eigenvalue weighted by atomic mass is 32.2. The summed E-state index contributed by atoms with van der Waals surface area (Å²) in [6.45, 7) is 4.94. The number of aromatic nitrogens is 2. The van der Waals surface area contributed by atoms with Crippen LogP contribution in [-0.4, -0.2) is 32.3 Å². The molecule has 0 saturated carbocycles. The van der Waals surface area contributed by atoms with Crippen molar-refractivity contribution in [3.05, 3.63) is 17.2 Å². The molecule has 1 unspecified atom stereocenters. The Kier molecular flexibility index (Phi) is 3.76. The fraction of sp³-hybridized carbons (Fsp3) is 0.727. The third-order valence-electron chi connectivity index (χ3n) is 2.99. The van der Waals surface area contributed by atoms with E-state index >= 15 is 0 Å². The Bertz CT molecular complexity index is 400. The minimum absolute atomic E-state index is 0.681. The molecule has 0 bridgehead atoms. The van der Waals surface area contributed by atoms with Gasteiger partial charge in [0.15, 0.2) is 0 Å². The van der Waals surface area contributed by atoms with Crippen molar-refractivity contribution in [1.82, 2.24) is 14.9 Å². The third-order valence-corrected chi connectivity index (χ3v) is 3.85. The van der Waals surface area contributed by atoms with Crippen LogP contribution in [0.25, 0.3) is 0 Å². The molecule has 0 radical (unpaired) electrons. The molecule has 0 saturated heterocycles. The van der Waals surface area contributed by atoms with Crippen LogP contribution in [0, 0.1) is 6.92 Å². The topological polar surface area (TPSA) is 46.9 Å². The van der Waals surface area contributed by atoms with Crippen molar-refractivity contribution in [3.8, 4) is 0 Å². The van der Waals surface area contributed by atoms with Crippen LogP contribution in [0.3, 0.4) is 0 Å². The van der Waals surface area contributed by atoms with Crippen LogP contribution >= 0.6 is 0 Å². The molecule has 0 fully saturated rings. The summed E-state index contributed by atoms with van der Waals surface area (Å²) in [6.07, 6.45) is 3.80. The highest BCUT2D eigenvalue weighted by molar-refractivity contribution is 7.84. The number of fused-ring (bicyclic) bond motifs is 1. The Morgan fingerprint density at radius 2 is 2.38 bits per heavy atom. The van der Waals surface area contributed by atoms with Gasteiger partial charge >= 0.3 is 0 Å². The Morgan fingerprint density at radius 3 is 3.12 bits per heavy atom. The Labute approximate surface area is 98.9 Å². The van der Waals surface area contributed by atoms with Crippen molar-refractivity contribution in [2.75, 3.05) is 18.6 Å². The van der Waals surface area contributed by atoms with Crippen LogP contribution in [0.2, 0.25) is 0 Å². The number of aryl methyl sites for hydroxylation is 1. The highest BCUT2D eigenvalue weighted by Crippen LogP contribution is 2.16. The predicted molar refractivity (Wildman–Crippen MR) is 65.9 cm³/mol. The third kappa shape index (κ3) is 2.52. The lowest BCUT2D eigenvalue weighted by Gasteiger charge is -2.15. The molecule has 2 heterocycles. The summed E-state index contributed by atoms with van der Waals surface area (Å²) in [7, 11) is -0.681.